The first-order chi connectivity index (χ1) is 12.0. The SMILES string of the molecule is CCOc1cc(C(=O)NCc2ccccc2OC)ccc1OC(F)F. The van der Waals surface area contributed by atoms with Crippen LogP contribution in [-0.2, 0) is 6.54 Å². The van der Waals surface area contributed by atoms with Gasteiger partial charge in [0.2, 0.25) is 0 Å². The monoisotopic (exact) mass is 351 g/mol. The fourth-order valence-electron chi connectivity index (χ4n) is 2.24. The van der Waals surface area contributed by atoms with Gasteiger partial charge < -0.3 is 19.5 Å². The zero-order valence-corrected chi connectivity index (χ0v) is 13.9. The van der Waals surface area contributed by atoms with Gasteiger partial charge in [-0.3, -0.25) is 4.79 Å². The molecule has 0 saturated heterocycles. The van der Waals surface area contributed by atoms with Crippen LogP contribution in [0.15, 0.2) is 42.5 Å². The van der Waals surface area contributed by atoms with E-state index in [-0.39, 0.29) is 36.1 Å². The maximum Gasteiger partial charge on any atom is 0.387 e. The van der Waals surface area contributed by atoms with Crippen LogP contribution in [0.5, 0.6) is 17.2 Å². The van der Waals surface area contributed by atoms with Crippen molar-refractivity contribution in [1.29, 1.82) is 0 Å². The van der Waals surface area contributed by atoms with Gasteiger partial charge in [-0.1, -0.05) is 18.2 Å². The molecule has 1 N–H and O–H groups in total. The second-order valence-corrected chi connectivity index (χ2v) is 4.97. The number of halogens is 2. The lowest BCUT2D eigenvalue weighted by Crippen LogP contribution is -2.23. The highest BCUT2D eigenvalue weighted by molar-refractivity contribution is 5.94. The average molecular weight is 351 g/mol. The van der Waals surface area contributed by atoms with Crippen molar-refractivity contribution in [1.82, 2.24) is 5.32 Å². The van der Waals surface area contributed by atoms with Crippen LogP contribution < -0.4 is 19.5 Å². The number of rotatable bonds is 8. The minimum atomic E-state index is -2.97. The Labute approximate surface area is 144 Å². The van der Waals surface area contributed by atoms with E-state index in [0.29, 0.717) is 5.75 Å². The molecular weight excluding hydrogens is 332 g/mol. The van der Waals surface area contributed by atoms with E-state index >= 15 is 0 Å². The van der Waals surface area contributed by atoms with Gasteiger partial charge in [-0.05, 0) is 31.2 Å². The second kappa shape index (κ2) is 8.86. The topological polar surface area (TPSA) is 56.8 Å². The van der Waals surface area contributed by atoms with Crippen molar-refractivity contribution >= 4 is 5.91 Å². The first kappa shape index (κ1) is 18.5. The van der Waals surface area contributed by atoms with Crippen molar-refractivity contribution in [3.05, 3.63) is 53.6 Å². The third kappa shape index (κ3) is 5.07. The Bertz CT molecular complexity index is 722. The largest absolute Gasteiger partial charge is 0.496 e. The summed E-state index contributed by atoms with van der Waals surface area (Å²) in [5, 5.41) is 2.76. The van der Waals surface area contributed by atoms with Crippen LogP contribution in [0, 0.1) is 0 Å². The number of benzene rings is 2. The van der Waals surface area contributed by atoms with Crippen molar-refractivity contribution in [3.8, 4) is 17.2 Å². The summed E-state index contributed by atoms with van der Waals surface area (Å²) in [6, 6.07) is 11.4. The first-order valence-electron chi connectivity index (χ1n) is 7.67. The maximum absolute atomic E-state index is 12.4. The Balaban J connectivity index is 2.11. The Morgan fingerprint density at radius 3 is 2.56 bits per heavy atom. The van der Waals surface area contributed by atoms with E-state index in [4.69, 9.17) is 9.47 Å². The molecule has 1 amide bonds. The molecule has 7 heteroatoms. The molecule has 0 aliphatic carbocycles. The molecule has 0 aliphatic heterocycles. The van der Waals surface area contributed by atoms with Gasteiger partial charge >= 0.3 is 6.61 Å². The molecule has 2 aromatic carbocycles. The zero-order valence-electron chi connectivity index (χ0n) is 13.9. The quantitative estimate of drug-likeness (QED) is 0.789. The standard InChI is InChI=1S/C18H19F2NO4/c1-3-24-16-10-12(8-9-15(16)25-18(19)20)17(22)21-11-13-6-4-5-7-14(13)23-2/h4-10,18H,3,11H2,1-2H3,(H,21,22). The van der Waals surface area contributed by atoms with Gasteiger partial charge in [0.15, 0.2) is 11.5 Å². The number of para-hydroxylation sites is 1. The number of nitrogens with one attached hydrogen (secondary N) is 1. The molecule has 2 rings (SSSR count). The number of alkyl halides is 2. The van der Waals surface area contributed by atoms with E-state index in [9.17, 15) is 13.6 Å². The Kier molecular flexibility index (Phi) is 6.56. The number of carbonyl (C=O) groups is 1. The molecule has 134 valence electrons. The summed E-state index contributed by atoms with van der Waals surface area (Å²) >= 11 is 0. The minimum Gasteiger partial charge on any atom is -0.496 e. The molecule has 5 nitrogen and oxygen atoms in total. The van der Waals surface area contributed by atoms with E-state index in [2.05, 4.69) is 10.1 Å². The van der Waals surface area contributed by atoms with Crippen molar-refractivity contribution in [2.24, 2.45) is 0 Å². The lowest BCUT2D eigenvalue weighted by molar-refractivity contribution is -0.0514. The lowest BCUT2D eigenvalue weighted by Gasteiger charge is -2.13. The highest BCUT2D eigenvalue weighted by atomic mass is 19.3. The van der Waals surface area contributed by atoms with E-state index < -0.39 is 6.61 Å². The predicted octanol–water partition coefficient (Wildman–Crippen LogP) is 3.63. The molecule has 25 heavy (non-hydrogen) atoms. The van der Waals surface area contributed by atoms with Crippen LogP contribution >= 0.6 is 0 Å². The number of methoxy groups -OCH3 is 1. The third-order valence-corrected chi connectivity index (χ3v) is 3.35. The van der Waals surface area contributed by atoms with Crippen molar-refractivity contribution in [2.45, 2.75) is 20.1 Å². The molecule has 0 unspecified atom stereocenters. The van der Waals surface area contributed by atoms with Crippen molar-refractivity contribution in [2.75, 3.05) is 13.7 Å². The van der Waals surface area contributed by atoms with Crippen LogP contribution in [0.2, 0.25) is 0 Å². The molecule has 0 heterocycles. The van der Waals surface area contributed by atoms with Gasteiger partial charge in [-0.15, -0.1) is 0 Å². The molecule has 0 aromatic heterocycles. The molecule has 0 atom stereocenters. The van der Waals surface area contributed by atoms with Crippen molar-refractivity contribution < 1.29 is 27.8 Å². The molecule has 0 spiro atoms. The zero-order chi connectivity index (χ0) is 18.2. The smallest absolute Gasteiger partial charge is 0.387 e. The summed E-state index contributed by atoms with van der Waals surface area (Å²) in [5.41, 5.74) is 1.10. The van der Waals surface area contributed by atoms with E-state index in [1.807, 2.05) is 18.2 Å². The summed E-state index contributed by atoms with van der Waals surface area (Å²) in [4.78, 5) is 12.3. The van der Waals surface area contributed by atoms with Gasteiger partial charge in [0.25, 0.3) is 5.91 Å². The number of hydrogen-bond acceptors (Lipinski definition) is 4. The van der Waals surface area contributed by atoms with Crippen LogP contribution in [0.25, 0.3) is 0 Å². The van der Waals surface area contributed by atoms with Crippen LogP contribution in [0.1, 0.15) is 22.8 Å². The average Bonchev–Trinajstić information content (AvgIpc) is 2.61. The molecule has 0 radical (unpaired) electrons. The summed E-state index contributed by atoms with van der Waals surface area (Å²) < 4.78 is 39.7. The molecule has 0 saturated carbocycles. The Morgan fingerprint density at radius 2 is 1.88 bits per heavy atom. The number of hydrogen-bond donors (Lipinski definition) is 1. The van der Waals surface area contributed by atoms with Crippen LogP contribution in [0.3, 0.4) is 0 Å². The normalized spacial score (nSPS) is 10.4. The predicted molar refractivity (Wildman–Crippen MR) is 88.4 cm³/mol. The second-order valence-electron chi connectivity index (χ2n) is 4.97. The van der Waals surface area contributed by atoms with E-state index in [1.54, 1.807) is 20.1 Å². The lowest BCUT2D eigenvalue weighted by atomic mass is 10.1. The van der Waals surface area contributed by atoms with E-state index in [0.717, 1.165) is 5.56 Å². The van der Waals surface area contributed by atoms with E-state index in [1.165, 1.54) is 18.2 Å². The van der Waals surface area contributed by atoms with Gasteiger partial charge in [0.05, 0.1) is 13.7 Å². The highest BCUT2D eigenvalue weighted by Crippen LogP contribution is 2.30. The summed E-state index contributed by atoms with van der Waals surface area (Å²) in [6.07, 6.45) is 0. The fraction of sp³-hybridized carbons (Fsp3) is 0.278. The molecule has 2 aromatic rings. The van der Waals surface area contributed by atoms with Gasteiger partial charge in [-0.2, -0.15) is 8.78 Å². The van der Waals surface area contributed by atoms with Gasteiger partial charge in [0, 0.05) is 17.7 Å². The summed E-state index contributed by atoms with van der Waals surface area (Å²) in [5.74, 6) is 0.278. The number of ether oxygens (including phenoxy) is 3. The minimum absolute atomic E-state index is 0.0905. The van der Waals surface area contributed by atoms with Crippen molar-refractivity contribution in [3.63, 3.8) is 0 Å². The molecule has 0 aliphatic rings. The molecule has 0 fully saturated rings. The van der Waals surface area contributed by atoms with Gasteiger partial charge in [-0.25, -0.2) is 0 Å². The Hall–Kier alpha value is -2.83. The molecule has 0 bridgehead atoms. The van der Waals surface area contributed by atoms with Crippen LogP contribution in [0.4, 0.5) is 8.78 Å². The van der Waals surface area contributed by atoms with Gasteiger partial charge in [0.1, 0.15) is 5.75 Å². The first-order valence-corrected chi connectivity index (χ1v) is 7.67. The fourth-order valence-corrected chi connectivity index (χ4v) is 2.24. The van der Waals surface area contributed by atoms with Crippen LogP contribution in [-0.4, -0.2) is 26.2 Å². The number of carbonyl (C=O) groups excluding carboxylic acids is 1. The third-order valence-electron chi connectivity index (χ3n) is 3.35. The number of amides is 1. The maximum atomic E-state index is 12.4. The molecular formula is C18H19F2NO4. The summed E-state index contributed by atoms with van der Waals surface area (Å²) in [7, 11) is 1.55. The Morgan fingerprint density at radius 1 is 1.12 bits per heavy atom. The summed E-state index contributed by atoms with van der Waals surface area (Å²) in [6.45, 7) is -0.737. The highest BCUT2D eigenvalue weighted by Gasteiger charge is 2.15.